The van der Waals surface area contributed by atoms with Gasteiger partial charge in [-0.15, -0.1) is 11.6 Å². The van der Waals surface area contributed by atoms with Crippen molar-refractivity contribution in [3.8, 4) is 0 Å². The van der Waals surface area contributed by atoms with Crippen LogP contribution in [0.1, 0.15) is 64.4 Å². The Morgan fingerprint density at radius 1 is 1.11 bits per heavy atom. The van der Waals surface area contributed by atoms with Crippen LogP contribution in [-0.2, 0) is 0 Å². The maximum absolute atomic E-state index is 15.4. The van der Waals surface area contributed by atoms with Crippen molar-refractivity contribution in [2.45, 2.75) is 65.0 Å². The standard InChI is InChI=1S/C34H49ClF2N6O/c1-6-24(17-25(7-2)33(37)41-8-3)32(36)19-28(20-35)30(22-44)18-29(34(38)39-4)21-40-23-42-31-11-9-26(10-12-31)27-13-15-43(5)16-14-27/h8-12,18-19,21,23,27,34,39,44H,6-7,13-17,20,22,38H2,1-5H3,(H,40,42)/b28-19+,29-21-,30-18+,32-24?,33-25?,41-8?. The average Bonchev–Trinajstić information content (AvgIpc) is 3.04. The van der Waals surface area contributed by atoms with E-state index in [2.05, 4.69) is 44.7 Å². The molecule has 1 unspecified atom stereocenters. The summed E-state index contributed by atoms with van der Waals surface area (Å²) in [7, 11) is 3.87. The monoisotopic (exact) mass is 630 g/mol. The van der Waals surface area contributed by atoms with Gasteiger partial charge in [0.05, 0.1) is 19.1 Å². The van der Waals surface area contributed by atoms with Crippen molar-refractivity contribution >= 4 is 29.8 Å². The molecule has 1 aromatic rings. The first-order valence-corrected chi connectivity index (χ1v) is 15.8. The zero-order valence-electron chi connectivity index (χ0n) is 26.7. The normalized spacial score (nSPS) is 18.2. The zero-order valence-corrected chi connectivity index (χ0v) is 27.5. The molecule has 1 fully saturated rings. The van der Waals surface area contributed by atoms with Gasteiger partial charge in [0.1, 0.15) is 5.83 Å². The molecule has 0 aromatic heterocycles. The van der Waals surface area contributed by atoms with Crippen LogP contribution in [0.15, 0.2) is 92.2 Å². The van der Waals surface area contributed by atoms with E-state index in [9.17, 15) is 9.50 Å². The summed E-state index contributed by atoms with van der Waals surface area (Å²) in [5.74, 6) is -0.577. The van der Waals surface area contributed by atoms with E-state index in [-0.39, 0.29) is 12.3 Å². The van der Waals surface area contributed by atoms with Gasteiger partial charge in [-0.25, -0.2) is 14.4 Å². The van der Waals surface area contributed by atoms with Crippen molar-refractivity contribution in [3.63, 3.8) is 0 Å². The van der Waals surface area contributed by atoms with Crippen LogP contribution < -0.4 is 16.4 Å². The largest absolute Gasteiger partial charge is 0.392 e. The van der Waals surface area contributed by atoms with Crippen LogP contribution in [0.5, 0.6) is 0 Å². The Morgan fingerprint density at radius 2 is 1.77 bits per heavy atom. The van der Waals surface area contributed by atoms with Gasteiger partial charge in [0.2, 0.25) is 5.95 Å². The quantitative estimate of drug-likeness (QED) is 0.0390. The number of aliphatic imine (C=N–C) groups is 2. The molecular weight excluding hydrogens is 582 g/mol. The van der Waals surface area contributed by atoms with E-state index < -0.39 is 24.6 Å². The number of benzene rings is 1. The summed E-state index contributed by atoms with van der Waals surface area (Å²) in [6.07, 6.45) is 10.1. The maximum atomic E-state index is 15.4. The Hall–Kier alpha value is -2.95. The molecule has 7 nitrogen and oxygen atoms in total. The summed E-state index contributed by atoms with van der Waals surface area (Å²) < 4.78 is 29.8. The molecule has 1 heterocycles. The number of alkyl halides is 1. The lowest BCUT2D eigenvalue weighted by molar-refractivity contribution is 0.255. The molecule has 10 heteroatoms. The Labute approximate surface area is 267 Å². The molecule has 1 aliphatic heterocycles. The van der Waals surface area contributed by atoms with Crippen LogP contribution in [0.2, 0.25) is 0 Å². The fourth-order valence-corrected chi connectivity index (χ4v) is 5.15. The van der Waals surface area contributed by atoms with Crippen LogP contribution in [0.3, 0.4) is 0 Å². The SMILES string of the molecule is CC=NC(F)=C(CC)CC(CC)=C(F)/C=C(CCl)/C(=C/C(=C/N=CNc1ccc(C2CCN(C)CC2)cc1)C(N)NC)CO. The molecule has 0 aliphatic carbocycles. The molecule has 1 atom stereocenters. The minimum absolute atomic E-state index is 0.0534. The first kappa shape index (κ1) is 37.2. The number of hydrogen-bond acceptors (Lipinski definition) is 6. The summed E-state index contributed by atoms with van der Waals surface area (Å²) in [5.41, 5.74) is 10.7. The highest BCUT2D eigenvalue weighted by atomic mass is 35.5. The summed E-state index contributed by atoms with van der Waals surface area (Å²) in [5, 5.41) is 16.3. The summed E-state index contributed by atoms with van der Waals surface area (Å²) in [6.45, 7) is 7.09. The molecule has 0 radical (unpaired) electrons. The van der Waals surface area contributed by atoms with E-state index in [1.807, 2.05) is 26.0 Å². The lowest BCUT2D eigenvalue weighted by Crippen LogP contribution is -2.35. The number of piperidine rings is 1. The molecule has 242 valence electrons. The second-order valence-corrected chi connectivity index (χ2v) is 11.0. The fourth-order valence-electron chi connectivity index (χ4n) is 4.90. The van der Waals surface area contributed by atoms with E-state index in [0.29, 0.717) is 46.6 Å². The Balaban J connectivity index is 2.26. The fraction of sp³-hybridized carbons (Fsp3) is 0.471. The molecule has 2 rings (SSSR count). The molecule has 1 saturated heterocycles. The van der Waals surface area contributed by atoms with Gasteiger partial charge < -0.3 is 26.4 Å². The van der Waals surface area contributed by atoms with Gasteiger partial charge in [0.25, 0.3) is 0 Å². The van der Waals surface area contributed by atoms with Gasteiger partial charge >= 0.3 is 0 Å². The predicted molar refractivity (Wildman–Crippen MR) is 183 cm³/mol. The highest BCUT2D eigenvalue weighted by molar-refractivity contribution is 6.19. The average molecular weight is 631 g/mol. The van der Waals surface area contributed by atoms with Gasteiger partial charge in [0.15, 0.2) is 0 Å². The number of likely N-dealkylation sites (N-methyl/N-ethyl adjacent to an activating group) is 1. The molecule has 0 spiro atoms. The summed E-state index contributed by atoms with van der Waals surface area (Å²) in [6, 6.07) is 8.41. The van der Waals surface area contributed by atoms with Crippen molar-refractivity contribution in [2.24, 2.45) is 15.7 Å². The first-order chi connectivity index (χ1) is 21.2. The summed E-state index contributed by atoms with van der Waals surface area (Å²) >= 11 is 6.21. The topological polar surface area (TPSA) is 98.3 Å². The van der Waals surface area contributed by atoms with Crippen LogP contribution in [0, 0.1) is 0 Å². The number of hydrogen-bond donors (Lipinski definition) is 4. The Bertz CT molecular complexity index is 1260. The van der Waals surface area contributed by atoms with Crippen LogP contribution >= 0.6 is 11.6 Å². The highest BCUT2D eigenvalue weighted by Gasteiger charge is 2.18. The van der Waals surface area contributed by atoms with E-state index >= 15 is 4.39 Å². The second kappa shape index (κ2) is 20.2. The van der Waals surface area contributed by atoms with E-state index in [0.717, 1.165) is 18.8 Å². The number of likely N-dealkylation sites (tertiary alicyclic amines) is 1. The van der Waals surface area contributed by atoms with Crippen LogP contribution in [-0.4, -0.2) is 68.4 Å². The minimum atomic E-state index is -0.606. The number of aliphatic hydroxyl groups is 1. The zero-order chi connectivity index (χ0) is 32.5. The molecular formula is C34H49ClF2N6O. The van der Waals surface area contributed by atoms with E-state index in [4.69, 9.17) is 17.3 Å². The van der Waals surface area contributed by atoms with Crippen LogP contribution in [0.4, 0.5) is 14.5 Å². The third kappa shape index (κ3) is 11.9. The predicted octanol–water partition coefficient (Wildman–Crippen LogP) is 7.11. The minimum Gasteiger partial charge on any atom is -0.392 e. The molecule has 0 bridgehead atoms. The number of anilines is 1. The number of aliphatic hydroxyl groups excluding tert-OH is 1. The third-order valence-corrected chi connectivity index (χ3v) is 8.11. The van der Waals surface area contributed by atoms with Crippen molar-refractivity contribution < 1.29 is 13.9 Å². The van der Waals surface area contributed by atoms with Gasteiger partial charge in [0, 0.05) is 29.6 Å². The molecule has 44 heavy (non-hydrogen) atoms. The van der Waals surface area contributed by atoms with Gasteiger partial charge in [-0.1, -0.05) is 26.0 Å². The van der Waals surface area contributed by atoms with Gasteiger partial charge in [-0.2, -0.15) is 4.39 Å². The molecule has 1 aromatic carbocycles. The summed E-state index contributed by atoms with van der Waals surface area (Å²) in [4.78, 5) is 10.4. The van der Waals surface area contributed by atoms with E-state index in [1.54, 1.807) is 32.6 Å². The number of allylic oxidation sites excluding steroid dienone is 4. The van der Waals surface area contributed by atoms with Crippen LogP contribution in [0.25, 0.3) is 0 Å². The number of nitrogens with zero attached hydrogens (tertiary/aromatic N) is 3. The molecule has 0 amide bonds. The number of nitrogens with two attached hydrogens (primary N) is 1. The van der Waals surface area contributed by atoms with Gasteiger partial charge in [-0.3, -0.25) is 0 Å². The lowest BCUT2D eigenvalue weighted by Gasteiger charge is -2.29. The van der Waals surface area contributed by atoms with Crippen molar-refractivity contribution in [1.29, 1.82) is 0 Å². The molecule has 5 N–H and O–H groups in total. The van der Waals surface area contributed by atoms with Gasteiger partial charge in [-0.05, 0) is 124 Å². The van der Waals surface area contributed by atoms with Crippen molar-refractivity contribution in [3.05, 3.63) is 87.8 Å². The lowest BCUT2D eigenvalue weighted by atomic mass is 9.89. The first-order valence-electron chi connectivity index (χ1n) is 15.2. The Kier molecular flexibility index (Phi) is 17.1. The number of nitrogens with one attached hydrogen (secondary N) is 2. The molecule has 0 saturated carbocycles. The maximum Gasteiger partial charge on any atom is 0.211 e. The van der Waals surface area contributed by atoms with E-state index in [1.165, 1.54) is 30.7 Å². The Morgan fingerprint density at radius 3 is 2.32 bits per heavy atom. The van der Waals surface area contributed by atoms with Crippen molar-refractivity contribution in [1.82, 2.24) is 10.2 Å². The number of rotatable bonds is 16. The molecule has 1 aliphatic rings. The highest BCUT2D eigenvalue weighted by Crippen LogP contribution is 2.29. The third-order valence-electron chi connectivity index (χ3n) is 7.82. The smallest absolute Gasteiger partial charge is 0.211 e. The number of halogens is 3. The van der Waals surface area contributed by atoms with Crippen molar-refractivity contribution in [2.75, 3.05) is 45.0 Å². The second-order valence-electron chi connectivity index (χ2n) is 10.8.